The Morgan fingerprint density at radius 2 is 1.21 bits per heavy atom. The van der Waals surface area contributed by atoms with Crippen LogP contribution in [0.5, 0.6) is 0 Å². The number of nitro benzene ring substituents is 1. The molecule has 0 spiro atoms. The number of nitrogens with zero attached hydrogens (tertiary/aromatic N) is 3. The highest BCUT2D eigenvalue weighted by molar-refractivity contribution is 7.85. The topological polar surface area (TPSA) is 134 Å². The van der Waals surface area contributed by atoms with Crippen LogP contribution in [-0.4, -0.2) is 17.9 Å². The first-order valence-corrected chi connectivity index (χ1v) is 9.36. The van der Waals surface area contributed by atoms with Gasteiger partial charge in [-0.1, -0.05) is 0 Å². The molecule has 0 radical (unpaired) electrons. The van der Waals surface area contributed by atoms with Crippen LogP contribution in [0.1, 0.15) is 0 Å². The summed E-state index contributed by atoms with van der Waals surface area (Å²) >= 11 is 0. The zero-order valence-corrected chi connectivity index (χ0v) is 15.1. The van der Waals surface area contributed by atoms with Crippen molar-refractivity contribution in [3.05, 3.63) is 82.9 Å². The molecular formula is C18H14N4O5S. The molecule has 0 amide bonds. The molecule has 3 aromatic rings. The van der Waals surface area contributed by atoms with Gasteiger partial charge in [-0.05, 0) is 60.7 Å². The Bertz CT molecular complexity index is 1110. The molecule has 3 aromatic carbocycles. The summed E-state index contributed by atoms with van der Waals surface area (Å²) in [6.45, 7) is 0. The first-order valence-electron chi connectivity index (χ1n) is 7.92. The molecule has 0 saturated heterocycles. The van der Waals surface area contributed by atoms with E-state index < -0.39 is 15.0 Å². The van der Waals surface area contributed by atoms with Crippen molar-refractivity contribution >= 4 is 38.6 Å². The number of non-ortho nitro benzene ring substituents is 1. The van der Waals surface area contributed by atoms with E-state index in [2.05, 4.69) is 15.5 Å². The van der Waals surface area contributed by atoms with E-state index in [1.165, 1.54) is 36.4 Å². The summed E-state index contributed by atoms with van der Waals surface area (Å²) in [5.41, 5.74) is 2.50. The van der Waals surface area contributed by atoms with Crippen LogP contribution in [0.4, 0.5) is 28.4 Å². The summed E-state index contributed by atoms with van der Waals surface area (Å²) in [7, 11) is -4.24. The Morgan fingerprint density at radius 3 is 1.64 bits per heavy atom. The van der Waals surface area contributed by atoms with Crippen LogP contribution in [0.3, 0.4) is 0 Å². The molecule has 9 nitrogen and oxygen atoms in total. The molecule has 2 N–H and O–H groups in total. The van der Waals surface area contributed by atoms with Gasteiger partial charge in [-0.3, -0.25) is 14.7 Å². The summed E-state index contributed by atoms with van der Waals surface area (Å²) in [5, 5.41) is 21.8. The maximum atomic E-state index is 11.0. The monoisotopic (exact) mass is 398 g/mol. The zero-order valence-electron chi connectivity index (χ0n) is 14.3. The summed E-state index contributed by atoms with van der Waals surface area (Å²) in [5.74, 6) is 0. The van der Waals surface area contributed by atoms with Gasteiger partial charge in [0, 0.05) is 23.5 Å². The number of hydrogen-bond acceptors (Lipinski definition) is 7. The molecule has 0 aliphatic carbocycles. The number of anilines is 2. The highest BCUT2D eigenvalue weighted by Gasteiger charge is 2.08. The Morgan fingerprint density at radius 1 is 0.786 bits per heavy atom. The van der Waals surface area contributed by atoms with E-state index in [0.717, 1.165) is 5.69 Å². The second-order valence-corrected chi connectivity index (χ2v) is 7.07. The summed E-state index contributed by atoms with van der Waals surface area (Å²) < 4.78 is 30.9. The van der Waals surface area contributed by atoms with Crippen LogP contribution in [0.15, 0.2) is 87.9 Å². The summed E-state index contributed by atoms with van der Waals surface area (Å²) in [6.07, 6.45) is 0. The molecule has 0 aliphatic rings. The lowest BCUT2D eigenvalue weighted by Gasteiger charge is -2.06. The van der Waals surface area contributed by atoms with E-state index in [9.17, 15) is 18.5 Å². The van der Waals surface area contributed by atoms with Gasteiger partial charge in [0.2, 0.25) is 0 Å². The minimum absolute atomic E-state index is 0.0194. The maximum absolute atomic E-state index is 11.0. The largest absolute Gasteiger partial charge is 0.356 e. The van der Waals surface area contributed by atoms with E-state index in [0.29, 0.717) is 17.1 Å². The highest BCUT2D eigenvalue weighted by atomic mass is 32.2. The van der Waals surface area contributed by atoms with Crippen LogP contribution >= 0.6 is 0 Å². The van der Waals surface area contributed by atoms with Gasteiger partial charge in [0.25, 0.3) is 15.8 Å². The third-order valence-corrected chi connectivity index (χ3v) is 4.52. The van der Waals surface area contributed by atoms with E-state index in [1.54, 1.807) is 36.4 Å². The molecule has 28 heavy (non-hydrogen) atoms. The average Bonchev–Trinajstić information content (AvgIpc) is 2.67. The van der Waals surface area contributed by atoms with E-state index >= 15 is 0 Å². The smallest absolute Gasteiger partial charge is 0.294 e. The van der Waals surface area contributed by atoms with Crippen molar-refractivity contribution in [3.63, 3.8) is 0 Å². The minimum atomic E-state index is -4.24. The third kappa shape index (κ3) is 4.96. The van der Waals surface area contributed by atoms with Crippen LogP contribution < -0.4 is 5.32 Å². The van der Waals surface area contributed by atoms with Gasteiger partial charge in [0.1, 0.15) is 0 Å². The molecular weight excluding hydrogens is 384 g/mol. The Hall–Kier alpha value is -3.63. The van der Waals surface area contributed by atoms with Crippen molar-refractivity contribution in [2.45, 2.75) is 4.90 Å². The molecule has 0 saturated carbocycles. The lowest BCUT2D eigenvalue weighted by atomic mass is 10.2. The van der Waals surface area contributed by atoms with Gasteiger partial charge in [0.15, 0.2) is 0 Å². The van der Waals surface area contributed by atoms with Gasteiger partial charge < -0.3 is 5.32 Å². The Labute approximate surface area is 160 Å². The van der Waals surface area contributed by atoms with Crippen LogP contribution in [-0.2, 0) is 10.1 Å². The Kier molecular flexibility index (Phi) is 5.43. The first-order chi connectivity index (χ1) is 13.3. The average molecular weight is 398 g/mol. The molecule has 142 valence electrons. The second kappa shape index (κ2) is 7.94. The normalized spacial score (nSPS) is 11.5. The SMILES string of the molecule is O=[N+]([O-])c1ccc(Nc2ccc(N=Nc3ccc(S(=O)(=O)O)cc3)cc2)cc1. The quantitative estimate of drug-likeness (QED) is 0.260. The van der Waals surface area contributed by atoms with Gasteiger partial charge >= 0.3 is 0 Å². The number of nitro groups is 1. The van der Waals surface area contributed by atoms with Gasteiger partial charge in [0.05, 0.1) is 21.2 Å². The van der Waals surface area contributed by atoms with Crippen molar-refractivity contribution in [1.82, 2.24) is 0 Å². The number of hydrogen-bond donors (Lipinski definition) is 2. The second-order valence-electron chi connectivity index (χ2n) is 5.64. The number of benzene rings is 3. The molecule has 3 rings (SSSR count). The van der Waals surface area contributed by atoms with Gasteiger partial charge in [-0.2, -0.15) is 18.6 Å². The standard InChI is InChI=1S/C18H14N4O5S/c23-22(24)17-9-5-14(6-10-17)19-13-1-3-15(4-2-13)20-21-16-7-11-18(12-8-16)28(25,26)27/h1-12,19H,(H,25,26,27). The van der Waals surface area contributed by atoms with E-state index in [-0.39, 0.29) is 10.6 Å². The molecule has 0 atom stereocenters. The molecule has 10 heteroatoms. The zero-order chi connectivity index (χ0) is 20.1. The molecule has 0 aromatic heterocycles. The third-order valence-electron chi connectivity index (χ3n) is 3.65. The number of nitrogens with one attached hydrogen (secondary N) is 1. The first kappa shape index (κ1) is 19.1. The van der Waals surface area contributed by atoms with E-state index in [1.807, 2.05) is 0 Å². The number of rotatable bonds is 6. The molecule has 0 bridgehead atoms. The molecule has 0 aliphatic heterocycles. The fourth-order valence-electron chi connectivity index (χ4n) is 2.24. The van der Waals surface area contributed by atoms with Crippen molar-refractivity contribution < 1.29 is 17.9 Å². The van der Waals surface area contributed by atoms with Crippen molar-refractivity contribution in [2.75, 3.05) is 5.32 Å². The van der Waals surface area contributed by atoms with Crippen molar-refractivity contribution in [3.8, 4) is 0 Å². The van der Waals surface area contributed by atoms with Gasteiger partial charge in [-0.25, -0.2) is 0 Å². The van der Waals surface area contributed by atoms with Crippen LogP contribution in [0.25, 0.3) is 0 Å². The fraction of sp³-hybridized carbons (Fsp3) is 0. The molecule has 0 heterocycles. The molecule has 0 fully saturated rings. The lowest BCUT2D eigenvalue weighted by molar-refractivity contribution is -0.384. The van der Waals surface area contributed by atoms with Crippen molar-refractivity contribution in [2.24, 2.45) is 10.2 Å². The molecule has 0 unspecified atom stereocenters. The fourth-order valence-corrected chi connectivity index (χ4v) is 2.72. The predicted molar refractivity (Wildman–Crippen MR) is 103 cm³/mol. The number of azo groups is 1. The van der Waals surface area contributed by atoms with Crippen LogP contribution in [0.2, 0.25) is 0 Å². The van der Waals surface area contributed by atoms with E-state index in [4.69, 9.17) is 4.55 Å². The lowest BCUT2D eigenvalue weighted by Crippen LogP contribution is -1.96. The predicted octanol–water partition coefficient (Wildman–Crippen LogP) is 5.00. The van der Waals surface area contributed by atoms with Crippen molar-refractivity contribution in [1.29, 1.82) is 0 Å². The summed E-state index contributed by atoms with van der Waals surface area (Å²) in [4.78, 5) is 9.99. The highest BCUT2D eigenvalue weighted by Crippen LogP contribution is 2.24. The Balaban J connectivity index is 1.65. The minimum Gasteiger partial charge on any atom is -0.356 e. The maximum Gasteiger partial charge on any atom is 0.294 e. The van der Waals surface area contributed by atoms with Gasteiger partial charge in [-0.15, -0.1) is 0 Å². The summed E-state index contributed by atoms with van der Waals surface area (Å²) in [6, 6.07) is 18.4. The van der Waals surface area contributed by atoms with Crippen LogP contribution in [0, 0.1) is 10.1 Å².